The Balaban J connectivity index is 2.52. The second kappa shape index (κ2) is 6.74. The van der Waals surface area contributed by atoms with Gasteiger partial charge in [-0.15, -0.1) is 0 Å². The van der Waals surface area contributed by atoms with Gasteiger partial charge in [-0.3, -0.25) is 0 Å². The van der Waals surface area contributed by atoms with Gasteiger partial charge in [0.25, 0.3) is 0 Å². The average molecular weight is 375 g/mol. The van der Waals surface area contributed by atoms with E-state index in [1.165, 1.54) is 0 Å². The molecule has 0 atom stereocenters. The summed E-state index contributed by atoms with van der Waals surface area (Å²) >= 11 is 15.8. The third-order valence-electron chi connectivity index (χ3n) is 2.75. The molecule has 0 amide bonds. The van der Waals surface area contributed by atoms with Crippen LogP contribution in [-0.4, -0.2) is 16.5 Å². The molecule has 0 aliphatic heterocycles. The number of rotatable bonds is 4. The van der Waals surface area contributed by atoms with Crippen LogP contribution in [0.2, 0.25) is 10.0 Å². The average Bonchev–Trinajstić information content (AvgIpc) is 2.43. The lowest BCUT2D eigenvalue weighted by atomic mass is 10.2. The third-order valence-corrected chi connectivity index (χ3v) is 4.52. The van der Waals surface area contributed by atoms with Gasteiger partial charge in [0, 0.05) is 12.1 Å². The molecule has 1 aromatic heterocycles. The van der Waals surface area contributed by atoms with E-state index in [4.69, 9.17) is 23.2 Å². The van der Waals surface area contributed by atoms with Gasteiger partial charge in [-0.25, -0.2) is 9.97 Å². The summed E-state index contributed by atoms with van der Waals surface area (Å²) < 4.78 is 0.868. The molecule has 0 saturated carbocycles. The maximum absolute atomic E-state index is 6.23. The number of nitrogens with one attached hydrogen (secondary N) is 1. The number of hydrogen-bond acceptors (Lipinski definition) is 3. The van der Waals surface area contributed by atoms with Crippen molar-refractivity contribution in [3.05, 3.63) is 38.4 Å². The van der Waals surface area contributed by atoms with Crippen LogP contribution >= 0.6 is 39.1 Å². The van der Waals surface area contributed by atoms with Crippen LogP contribution in [0.4, 0.5) is 5.82 Å². The Kier molecular flexibility index (Phi) is 5.24. The number of nitrogens with zero attached hydrogens (tertiary/aromatic N) is 2. The van der Waals surface area contributed by atoms with Crippen molar-refractivity contribution in [2.24, 2.45) is 0 Å². The van der Waals surface area contributed by atoms with Crippen LogP contribution < -0.4 is 5.32 Å². The van der Waals surface area contributed by atoms with Gasteiger partial charge in [0.15, 0.2) is 5.82 Å². The number of anilines is 1. The first-order valence-corrected chi connectivity index (χ1v) is 7.81. The zero-order valence-electron chi connectivity index (χ0n) is 11.2. The van der Waals surface area contributed by atoms with Crippen LogP contribution in [0.1, 0.15) is 19.0 Å². The molecule has 2 aromatic rings. The molecule has 20 heavy (non-hydrogen) atoms. The predicted octanol–water partition coefficient (Wildman–Crippen LogP) is 5.34. The van der Waals surface area contributed by atoms with Crippen LogP contribution in [0.5, 0.6) is 0 Å². The Bertz CT molecular complexity index is 632. The molecule has 1 aromatic carbocycles. The number of halogens is 3. The minimum atomic E-state index is 0.470. The molecule has 0 aliphatic rings. The Labute approximate surface area is 136 Å². The van der Waals surface area contributed by atoms with Gasteiger partial charge in [-0.2, -0.15) is 0 Å². The first kappa shape index (κ1) is 15.5. The van der Waals surface area contributed by atoms with Gasteiger partial charge in [0.2, 0.25) is 0 Å². The Hall–Kier alpha value is -0.840. The Morgan fingerprint density at radius 2 is 2.00 bits per heavy atom. The van der Waals surface area contributed by atoms with E-state index < -0.39 is 0 Å². The summed E-state index contributed by atoms with van der Waals surface area (Å²) in [4.78, 5) is 9.00. The van der Waals surface area contributed by atoms with Crippen molar-refractivity contribution < 1.29 is 0 Å². The van der Waals surface area contributed by atoms with E-state index in [0.29, 0.717) is 15.9 Å². The van der Waals surface area contributed by atoms with Crippen molar-refractivity contribution in [1.82, 2.24) is 9.97 Å². The highest BCUT2D eigenvalue weighted by Crippen LogP contribution is 2.34. The van der Waals surface area contributed by atoms with Crippen molar-refractivity contribution in [3.63, 3.8) is 0 Å². The highest BCUT2D eigenvalue weighted by molar-refractivity contribution is 9.10. The van der Waals surface area contributed by atoms with Gasteiger partial charge >= 0.3 is 0 Å². The molecule has 0 fully saturated rings. The highest BCUT2D eigenvalue weighted by Gasteiger charge is 2.14. The first-order chi connectivity index (χ1) is 9.54. The number of benzene rings is 1. The predicted molar refractivity (Wildman–Crippen MR) is 88.7 cm³/mol. The zero-order valence-corrected chi connectivity index (χ0v) is 14.3. The first-order valence-electron chi connectivity index (χ1n) is 6.27. The zero-order chi connectivity index (χ0) is 14.7. The highest BCUT2D eigenvalue weighted by atomic mass is 79.9. The molecule has 106 valence electrons. The summed E-state index contributed by atoms with van der Waals surface area (Å²) in [5.41, 5.74) is 1.58. The molecule has 1 N–H and O–H groups in total. The van der Waals surface area contributed by atoms with E-state index >= 15 is 0 Å². The maximum atomic E-state index is 6.23. The van der Waals surface area contributed by atoms with Gasteiger partial charge in [0.1, 0.15) is 5.82 Å². The van der Waals surface area contributed by atoms with Crippen LogP contribution in [0.15, 0.2) is 22.7 Å². The lowest BCUT2D eigenvalue weighted by molar-refractivity contribution is 0.958. The third kappa shape index (κ3) is 3.25. The quantitative estimate of drug-likeness (QED) is 0.784. The topological polar surface area (TPSA) is 37.8 Å². The van der Waals surface area contributed by atoms with Crippen LogP contribution in [0.25, 0.3) is 11.4 Å². The Morgan fingerprint density at radius 1 is 1.25 bits per heavy atom. The van der Waals surface area contributed by atoms with E-state index in [9.17, 15) is 0 Å². The van der Waals surface area contributed by atoms with E-state index in [1.54, 1.807) is 6.07 Å². The molecular formula is C14H14BrCl2N3. The molecule has 0 radical (unpaired) electrons. The van der Waals surface area contributed by atoms with Crippen molar-refractivity contribution in [1.29, 1.82) is 0 Å². The molecule has 0 spiro atoms. The Morgan fingerprint density at radius 3 is 2.70 bits per heavy atom. The smallest absolute Gasteiger partial charge is 0.163 e. The fraction of sp³-hybridized carbons (Fsp3) is 0.286. The largest absolute Gasteiger partial charge is 0.369 e. The van der Waals surface area contributed by atoms with Gasteiger partial charge in [-0.05, 0) is 41.4 Å². The summed E-state index contributed by atoms with van der Waals surface area (Å²) in [5, 5.41) is 4.24. The monoisotopic (exact) mass is 373 g/mol. The summed E-state index contributed by atoms with van der Waals surface area (Å²) in [7, 11) is 0. The van der Waals surface area contributed by atoms with Crippen molar-refractivity contribution in [2.75, 3.05) is 11.9 Å². The van der Waals surface area contributed by atoms with Crippen LogP contribution in [0, 0.1) is 6.92 Å². The van der Waals surface area contributed by atoms with Crippen LogP contribution in [0.3, 0.4) is 0 Å². The van der Waals surface area contributed by atoms with Crippen molar-refractivity contribution in [3.8, 4) is 11.4 Å². The molecule has 0 aliphatic carbocycles. The summed E-state index contributed by atoms with van der Waals surface area (Å²) in [5.74, 6) is 1.34. The molecule has 2 rings (SSSR count). The molecule has 0 unspecified atom stereocenters. The minimum absolute atomic E-state index is 0.470. The standard InChI is InChI=1S/C14H14BrCl2N3/c1-3-7-18-14-11(15)8(2)19-13(20-14)9-5-4-6-10(16)12(9)17/h4-6H,3,7H2,1-2H3,(H,18,19,20). The fourth-order valence-electron chi connectivity index (χ4n) is 1.72. The molecule has 3 nitrogen and oxygen atoms in total. The molecular weight excluding hydrogens is 361 g/mol. The minimum Gasteiger partial charge on any atom is -0.369 e. The lowest BCUT2D eigenvalue weighted by Gasteiger charge is -2.11. The van der Waals surface area contributed by atoms with Gasteiger partial charge in [0.05, 0.1) is 20.2 Å². The normalized spacial score (nSPS) is 10.7. The van der Waals surface area contributed by atoms with E-state index in [-0.39, 0.29) is 0 Å². The number of aryl methyl sites for hydroxylation is 1. The number of aromatic nitrogens is 2. The fourth-order valence-corrected chi connectivity index (χ4v) is 2.42. The second-order valence-electron chi connectivity index (χ2n) is 4.32. The SMILES string of the molecule is CCCNc1nc(-c2cccc(Cl)c2Cl)nc(C)c1Br. The van der Waals surface area contributed by atoms with E-state index in [1.807, 2.05) is 19.1 Å². The lowest BCUT2D eigenvalue weighted by Crippen LogP contribution is -2.06. The summed E-state index contributed by atoms with van der Waals surface area (Å²) in [6, 6.07) is 5.44. The van der Waals surface area contributed by atoms with E-state index in [2.05, 4.69) is 38.1 Å². The number of hydrogen-bond donors (Lipinski definition) is 1. The van der Waals surface area contributed by atoms with Gasteiger partial charge in [-0.1, -0.05) is 36.2 Å². The molecule has 0 saturated heterocycles. The van der Waals surface area contributed by atoms with Crippen molar-refractivity contribution >= 4 is 44.9 Å². The maximum Gasteiger partial charge on any atom is 0.163 e. The van der Waals surface area contributed by atoms with Gasteiger partial charge < -0.3 is 5.32 Å². The van der Waals surface area contributed by atoms with E-state index in [0.717, 1.165) is 34.5 Å². The molecule has 0 bridgehead atoms. The molecule has 6 heteroatoms. The summed E-state index contributed by atoms with van der Waals surface area (Å²) in [6.07, 6.45) is 1.02. The van der Waals surface area contributed by atoms with Crippen LogP contribution in [-0.2, 0) is 0 Å². The summed E-state index contributed by atoms with van der Waals surface area (Å²) in [6.45, 7) is 4.87. The van der Waals surface area contributed by atoms with Crippen molar-refractivity contribution in [2.45, 2.75) is 20.3 Å². The second-order valence-corrected chi connectivity index (χ2v) is 5.90. The molecule has 1 heterocycles.